The van der Waals surface area contributed by atoms with Crippen molar-refractivity contribution >= 4 is 18.0 Å². The summed E-state index contributed by atoms with van der Waals surface area (Å²) in [6, 6.07) is 5.58. The maximum absolute atomic E-state index is 6.01. The molecule has 1 aliphatic rings. The summed E-state index contributed by atoms with van der Waals surface area (Å²) in [5, 5.41) is 0. The molecule has 0 N–H and O–H groups in total. The quantitative estimate of drug-likeness (QED) is 0.586. The molecular weight excluding hydrogens is 316 g/mol. The SMILES string of the molecule is CC[Si](CC)(CC)N1CCN(CC(C)C[SiH2]OC(C)(C)C)CC1. The van der Waals surface area contributed by atoms with Gasteiger partial charge in [0.2, 0.25) is 0 Å². The molecule has 1 heterocycles. The predicted octanol–water partition coefficient (Wildman–Crippen LogP) is 3.56. The summed E-state index contributed by atoms with van der Waals surface area (Å²) in [5.74, 6) is 0.793. The highest BCUT2D eigenvalue weighted by Crippen LogP contribution is 2.26. The van der Waals surface area contributed by atoms with Crippen LogP contribution in [0.15, 0.2) is 0 Å². The predicted molar refractivity (Wildman–Crippen MR) is 109 cm³/mol. The third-order valence-corrected chi connectivity index (χ3v) is 13.8. The average Bonchev–Trinajstić information content (AvgIpc) is 2.50. The van der Waals surface area contributed by atoms with Crippen LogP contribution >= 0.6 is 0 Å². The van der Waals surface area contributed by atoms with E-state index in [1.807, 2.05) is 0 Å². The summed E-state index contributed by atoms with van der Waals surface area (Å²) in [4.78, 5) is 2.70. The first-order valence-corrected chi connectivity index (χ1v) is 14.0. The van der Waals surface area contributed by atoms with Crippen LogP contribution in [0.2, 0.25) is 24.2 Å². The smallest absolute Gasteiger partial charge is 0.162 e. The highest BCUT2D eigenvalue weighted by atomic mass is 28.3. The Morgan fingerprint density at radius 1 is 1.00 bits per heavy atom. The summed E-state index contributed by atoms with van der Waals surface area (Å²) >= 11 is 0. The molecule has 0 aromatic heterocycles. The van der Waals surface area contributed by atoms with Crippen LogP contribution in [-0.4, -0.2) is 65.8 Å². The number of nitrogens with zero attached hydrogens (tertiary/aromatic N) is 2. The molecule has 23 heavy (non-hydrogen) atoms. The van der Waals surface area contributed by atoms with Gasteiger partial charge in [0.1, 0.15) is 8.24 Å². The minimum Gasteiger partial charge on any atom is -0.419 e. The molecule has 138 valence electrons. The third-order valence-electron chi connectivity index (χ3n) is 5.73. The van der Waals surface area contributed by atoms with Gasteiger partial charge in [-0.3, -0.25) is 0 Å². The van der Waals surface area contributed by atoms with Crippen molar-refractivity contribution < 1.29 is 4.43 Å². The number of rotatable bonds is 9. The van der Waals surface area contributed by atoms with E-state index in [0.29, 0.717) is 0 Å². The van der Waals surface area contributed by atoms with E-state index in [4.69, 9.17) is 4.43 Å². The molecule has 1 fully saturated rings. The van der Waals surface area contributed by atoms with Gasteiger partial charge in [0.05, 0.1) is 0 Å². The molecule has 1 aliphatic heterocycles. The lowest BCUT2D eigenvalue weighted by atomic mass is 10.2. The Morgan fingerprint density at radius 3 is 1.96 bits per heavy atom. The Hall–Kier alpha value is 0.314. The maximum Gasteiger partial charge on any atom is 0.162 e. The Kier molecular flexibility index (Phi) is 9.01. The molecule has 5 heteroatoms. The molecular formula is C18H42N2OSi2. The summed E-state index contributed by atoms with van der Waals surface area (Å²) in [6.45, 7) is 22.7. The van der Waals surface area contributed by atoms with Crippen molar-refractivity contribution in [3.8, 4) is 0 Å². The van der Waals surface area contributed by atoms with Crippen LogP contribution in [0.4, 0.5) is 0 Å². The standard InChI is InChI=1S/C18H42N2OSi2/c1-8-23(9-2,10-3)20-13-11-19(12-14-20)15-17(4)16-22-21-18(5,6)7/h17H,8-16,22H2,1-7H3. The fourth-order valence-corrected chi connectivity index (χ4v) is 9.23. The van der Waals surface area contributed by atoms with Gasteiger partial charge in [0.25, 0.3) is 0 Å². The molecule has 0 bridgehead atoms. The van der Waals surface area contributed by atoms with E-state index < -0.39 is 8.24 Å². The lowest BCUT2D eigenvalue weighted by molar-refractivity contribution is 0.133. The molecule has 0 saturated carbocycles. The third kappa shape index (κ3) is 6.98. The van der Waals surface area contributed by atoms with Gasteiger partial charge < -0.3 is 13.9 Å². The van der Waals surface area contributed by atoms with E-state index in [-0.39, 0.29) is 15.4 Å². The van der Waals surface area contributed by atoms with Crippen molar-refractivity contribution in [2.45, 2.75) is 78.2 Å². The zero-order valence-electron chi connectivity index (χ0n) is 17.0. The topological polar surface area (TPSA) is 15.7 Å². The van der Waals surface area contributed by atoms with Gasteiger partial charge in [0, 0.05) is 38.3 Å². The van der Waals surface area contributed by atoms with E-state index in [0.717, 1.165) is 5.92 Å². The van der Waals surface area contributed by atoms with E-state index in [9.17, 15) is 0 Å². The van der Waals surface area contributed by atoms with Crippen LogP contribution in [0.3, 0.4) is 0 Å². The van der Waals surface area contributed by atoms with Crippen LogP contribution in [0.1, 0.15) is 48.5 Å². The zero-order valence-corrected chi connectivity index (χ0v) is 19.4. The van der Waals surface area contributed by atoms with Gasteiger partial charge >= 0.3 is 0 Å². The monoisotopic (exact) mass is 358 g/mol. The zero-order chi connectivity index (χ0) is 17.5. The second-order valence-electron chi connectivity index (χ2n) is 8.43. The second-order valence-corrected chi connectivity index (χ2v) is 14.9. The fraction of sp³-hybridized carbons (Fsp3) is 1.00. The van der Waals surface area contributed by atoms with Crippen LogP contribution in [0.25, 0.3) is 0 Å². The van der Waals surface area contributed by atoms with Crippen LogP contribution in [0.5, 0.6) is 0 Å². The molecule has 1 saturated heterocycles. The highest BCUT2D eigenvalue weighted by molar-refractivity contribution is 6.77. The molecule has 0 radical (unpaired) electrons. The first kappa shape index (κ1) is 21.4. The van der Waals surface area contributed by atoms with Gasteiger partial charge in [-0.2, -0.15) is 0 Å². The van der Waals surface area contributed by atoms with Gasteiger partial charge in [0.15, 0.2) is 9.76 Å². The summed E-state index contributed by atoms with van der Waals surface area (Å²) in [5.41, 5.74) is 0.0615. The van der Waals surface area contributed by atoms with Crippen molar-refractivity contribution in [2.24, 2.45) is 5.92 Å². The summed E-state index contributed by atoms with van der Waals surface area (Å²) in [7, 11) is -1.50. The maximum atomic E-state index is 6.01. The molecule has 0 aromatic rings. The van der Waals surface area contributed by atoms with Crippen LogP contribution in [-0.2, 0) is 4.43 Å². The minimum absolute atomic E-state index is 0.0615. The molecule has 0 aromatic carbocycles. The molecule has 1 rings (SSSR count). The van der Waals surface area contributed by atoms with Crippen LogP contribution < -0.4 is 0 Å². The Balaban J connectivity index is 2.33. The van der Waals surface area contributed by atoms with E-state index >= 15 is 0 Å². The van der Waals surface area contributed by atoms with Crippen molar-refractivity contribution in [1.29, 1.82) is 0 Å². The molecule has 0 amide bonds. The van der Waals surface area contributed by atoms with E-state index in [1.165, 1.54) is 56.9 Å². The van der Waals surface area contributed by atoms with Gasteiger partial charge in [-0.15, -0.1) is 0 Å². The first-order valence-electron chi connectivity index (χ1n) is 9.87. The van der Waals surface area contributed by atoms with E-state index in [2.05, 4.69) is 57.9 Å². The lowest BCUT2D eigenvalue weighted by Crippen LogP contribution is -2.59. The average molecular weight is 359 g/mol. The molecule has 3 nitrogen and oxygen atoms in total. The van der Waals surface area contributed by atoms with Crippen molar-refractivity contribution in [3.05, 3.63) is 0 Å². The lowest BCUT2D eigenvalue weighted by Gasteiger charge is -2.46. The Bertz CT molecular complexity index is 313. The van der Waals surface area contributed by atoms with Crippen molar-refractivity contribution in [1.82, 2.24) is 9.47 Å². The van der Waals surface area contributed by atoms with E-state index in [1.54, 1.807) is 0 Å². The highest BCUT2D eigenvalue weighted by Gasteiger charge is 2.36. The van der Waals surface area contributed by atoms with Gasteiger partial charge in [-0.1, -0.05) is 27.7 Å². The van der Waals surface area contributed by atoms with Crippen molar-refractivity contribution in [2.75, 3.05) is 32.7 Å². The van der Waals surface area contributed by atoms with Gasteiger partial charge in [-0.25, -0.2) is 0 Å². The van der Waals surface area contributed by atoms with Gasteiger partial charge in [-0.05, 0) is 50.9 Å². The minimum atomic E-state index is -1.13. The number of hydrogen-bond donors (Lipinski definition) is 0. The normalized spacial score (nSPS) is 20.5. The molecule has 1 unspecified atom stereocenters. The summed E-state index contributed by atoms with van der Waals surface area (Å²) in [6.07, 6.45) is 0. The largest absolute Gasteiger partial charge is 0.419 e. The molecule has 0 aliphatic carbocycles. The Morgan fingerprint density at radius 2 is 1.52 bits per heavy atom. The fourth-order valence-electron chi connectivity index (χ4n) is 3.92. The first-order chi connectivity index (χ1) is 10.8. The second kappa shape index (κ2) is 9.71. The molecule has 0 spiro atoms. The molecule has 1 atom stereocenters. The van der Waals surface area contributed by atoms with Crippen molar-refractivity contribution in [3.63, 3.8) is 0 Å². The van der Waals surface area contributed by atoms with Crippen LogP contribution in [0, 0.1) is 5.92 Å². The number of piperazine rings is 1. The number of hydrogen-bond acceptors (Lipinski definition) is 3. The summed E-state index contributed by atoms with van der Waals surface area (Å²) < 4.78 is 8.92. The Labute approximate surface area is 149 Å².